The minimum atomic E-state index is 0.0639. The molecule has 3 nitrogen and oxygen atoms in total. The zero-order valence-electron chi connectivity index (χ0n) is 30.3. The summed E-state index contributed by atoms with van der Waals surface area (Å²) in [7, 11) is 0. The van der Waals surface area contributed by atoms with E-state index in [1.807, 2.05) is 0 Å². The SMILES string of the molecule is CC(C)(C)c1ccc(-n2c3cc(N(c4ccccc4)c4ccccc4)ccc3c3cc4ccc(N(c5ccccc5)c5ccccc5)cc4cc32)cc1. The van der Waals surface area contributed by atoms with Crippen molar-refractivity contribution in [1.29, 1.82) is 0 Å². The van der Waals surface area contributed by atoms with E-state index in [0.29, 0.717) is 0 Å². The normalized spacial score (nSPS) is 11.7. The lowest BCUT2D eigenvalue weighted by Crippen LogP contribution is -2.11. The average molecular weight is 684 g/mol. The number of hydrogen-bond acceptors (Lipinski definition) is 2. The molecular weight excluding hydrogens is 643 g/mol. The Morgan fingerprint density at radius 2 is 0.811 bits per heavy atom. The molecular formula is C50H41N3. The first-order valence-corrected chi connectivity index (χ1v) is 18.4. The molecule has 0 aliphatic rings. The largest absolute Gasteiger partial charge is 0.310 e. The van der Waals surface area contributed by atoms with E-state index in [2.05, 4.69) is 229 Å². The number of nitrogens with zero attached hydrogens (tertiary/aromatic N) is 3. The first-order chi connectivity index (χ1) is 25.9. The van der Waals surface area contributed by atoms with Crippen molar-refractivity contribution < 1.29 is 0 Å². The number of fused-ring (bicyclic) bond motifs is 4. The highest BCUT2D eigenvalue weighted by atomic mass is 15.1. The molecule has 9 aromatic rings. The zero-order chi connectivity index (χ0) is 35.9. The molecule has 1 heterocycles. The van der Waals surface area contributed by atoms with Crippen molar-refractivity contribution in [2.75, 3.05) is 9.80 Å². The van der Waals surface area contributed by atoms with Crippen molar-refractivity contribution in [2.45, 2.75) is 26.2 Å². The van der Waals surface area contributed by atoms with E-state index in [4.69, 9.17) is 0 Å². The smallest absolute Gasteiger partial charge is 0.0561 e. The summed E-state index contributed by atoms with van der Waals surface area (Å²) in [5.41, 5.74) is 11.6. The van der Waals surface area contributed by atoms with Gasteiger partial charge in [0.1, 0.15) is 0 Å². The maximum atomic E-state index is 2.45. The fraction of sp³-hybridized carbons (Fsp3) is 0.0800. The Hall–Kier alpha value is -6.58. The van der Waals surface area contributed by atoms with E-state index in [1.54, 1.807) is 0 Å². The topological polar surface area (TPSA) is 11.4 Å². The summed E-state index contributed by atoms with van der Waals surface area (Å²) in [6.45, 7) is 6.82. The van der Waals surface area contributed by atoms with E-state index in [-0.39, 0.29) is 5.41 Å². The molecule has 0 bridgehead atoms. The number of rotatable bonds is 7. The van der Waals surface area contributed by atoms with Crippen LogP contribution in [-0.4, -0.2) is 4.57 Å². The quantitative estimate of drug-likeness (QED) is 0.166. The van der Waals surface area contributed by atoms with Gasteiger partial charge in [-0.3, -0.25) is 0 Å². The van der Waals surface area contributed by atoms with Gasteiger partial charge in [-0.1, -0.05) is 118 Å². The van der Waals surface area contributed by atoms with Gasteiger partial charge in [0.05, 0.1) is 11.0 Å². The Labute approximate surface area is 311 Å². The molecule has 8 aromatic carbocycles. The molecule has 0 fully saturated rings. The molecule has 1 aromatic heterocycles. The fourth-order valence-corrected chi connectivity index (χ4v) is 7.61. The van der Waals surface area contributed by atoms with Crippen molar-refractivity contribution in [1.82, 2.24) is 4.57 Å². The van der Waals surface area contributed by atoms with Crippen LogP contribution < -0.4 is 9.80 Å². The van der Waals surface area contributed by atoms with Gasteiger partial charge in [0, 0.05) is 50.6 Å². The second-order valence-electron chi connectivity index (χ2n) is 14.7. The molecule has 0 N–H and O–H groups in total. The van der Waals surface area contributed by atoms with Crippen LogP contribution in [0.1, 0.15) is 26.3 Å². The van der Waals surface area contributed by atoms with Gasteiger partial charge in [-0.05, 0) is 119 Å². The number of benzene rings is 8. The Kier molecular flexibility index (Phi) is 8.05. The predicted octanol–water partition coefficient (Wildman–Crippen LogP) is 14.2. The third-order valence-electron chi connectivity index (χ3n) is 10.3. The van der Waals surface area contributed by atoms with Crippen LogP contribution in [0.5, 0.6) is 0 Å². The molecule has 0 aliphatic heterocycles. The average Bonchev–Trinajstić information content (AvgIpc) is 3.51. The number of para-hydroxylation sites is 4. The summed E-state index contributed by atoms with van der Waals surface area (Å²) in [5.74, 6) is 0. The van der Waals surface area contributed by atoms with Gasteiger partial charge < -0.3 is 14.4 Å². The summed E-state index contributed by atoms with van der Waals surface area (Å²) in [4.78, 5) is 4.67. The first-order valence-electron chi connectivity index (χ1n) is 18.4. The van der Waals surface area contributed by atoms with E-state index in [0.717, 1.165) is 39.8 Å². The molecule has 0 saturated carbocycles. The number of hydrogen-bond donors (Lipinski definition) is 0. The van der Waals surface area contributed by atoms with Gasteiger partial charge >= 0.3 is 0 Å². The summed E-state index contributed by atoms with van der Waals surface area (Å²) in [6.07, 6.45) is 0. The molecule has 0 radical (unpaired) electrons. The minimum Gasteiger partial charge on any atom is -0.310 e. The van der Waals surface area contributed by atoms with Gasteiger partial charge in [-0.15, -0.1) is 0 Å². The van der Waals surface area contributed by atoms with Crippen molar-refractivity contribution in [3.05, 3.63) is 200 Å². The van der Waals surface area contributed by atoms with Gasteiger partial charge in [0.15, 0.2) is 0 Å². The number of aromatic nitrogens is 1. The Balaban J connectivity index is 1.28. The Morgan fingerprint density at radius 1 is 0.358 bits per heavy atom. The van der Waals surface area contributed by atoms with Crippen LogP contribution in [0.3, 0.4) is 0 Å². The maximum Gasteiger partial charge on any atom is 0.0561 e. The van der Waals surface area contributed by atoms with Crippen LogP contribution in [0.25, 0.3) is 38.3 Å². The zero-order valence-corrected chi connectivity index (χ0v) is 30.3. The van der Waals surface area contributed by atoms with Crippen LogP contribution >= 0.6 is 0 Å². The molecule has 0 spiro atoms. The lowest BCUT2D eigenvalue weighted by Gasteiger charge is -2.25. The summed E-state index contributed by atoms with van der Waals surface area (Å²) < 4.78 is 2.45. The third kappa shape index (κ3) is 6.00. The van der Waals surface area contributed by atoms with Crippen LogP contribution in [0.2, 0.25) is 0 Å². The molecule has 256 valence electrons. The van der Waals surface area contributed by atoms with E-state index < -0.39 is 0 Å². The van der Waals surface area contributed by atoms with E-state index in [1.165, 1.54) is 38.1 Å². The maximum absolute atomic E-state index is 2.45. The van der Waals surface area contributed by atoms with Crippen molar-refractivity contribution in [3.8, 4) is 5.69 Å². The first kappa shape index (κ1) is 32.3. The van der Waals surface area contributed by atoms with Crippen molar-refractivity contribution in [3.63, 3.8) is 0 Å². The predicted molar refractivity (Wildman–Crippen MR) is 226 cm³/mol. The lowest BCUT2D eigenvalue weighted by molar-refractivity contribution is 0.590. The summed E-state index contributed by atoms with van der Waals surface area (Å²) >= 11 is 0. The molecule has 3 heteroatoms. The van der Waals surface area contributed by atoms with Crippen LogP contribution in [-0.2, 0) is 5.41 Å². The Morgan fingerprint density at radius 3 is 1.30 bits per heavy atom. The molecule has 0 atom stereocenters. The van der Waals surface area contributed by atoms with Crippen molar-refractivity contribution >= 4 is 66.7 Å². The molecule has 0 unspecified atom stereocenters. The van der Waals surface area contributed by atoms with Crippen LogP contribution in [0.4, 0.5) is 34.1 Å². The fourth-order valence-electron chi connectivity index (χ4n) is 7.61. The molecule has 9 rings (SSSR count). The van der Waals surface area contributed by atoms with Gasteiger partial charge in [0.25, 0.3) is 0 Å². The summed E-state index contributed by atoms with van der Waals surface area (Å²) in [6, 6.07) is 70.2. The number of anilines is 6. The van der Waals surface area contributed by atoms with Gasteiger partial charge in [-0.2, -0.15) is 0 Å². The molecule has 53 heavy (non-hydrogen) atoms. The highest BCUT2D eigenvalue weighted by Crippen LogP contribution is 2.42. The second-order valence-corrected chi connectivity index (χ2v) is 14.7. The third-order valence-corrected chi connectivity index (χ3v) is 10.3. The minimum absolute atomic E-state index is 0.0639. The molecule has 0 amide bonds. The summed E-state index contributed by atoms with van der Waals surface area (Å²) in [5, 5.41) is 4.87. The second kappa shape index (κ2) is 13.2. The van der Waals surface area contributed by atoms with Gasteiger partial charge in [0.2, 0.25) is 0 Å². The lowest BCUT2D eigenvalue weighted by atomic mass is 9.87. The highest BCUT2D eigenvalue weighted by molar-refractivity contribution is 6.14. The standard InChI is InChI=1S/C50H41N3/c1-50(2,3)38-25-28-43(29-26-38)53-48-34-37-32-44(51(39-16-8-4-9-17-39)40-18-10-5-11-19-40)27-24-36(37)33-47(48)46-31-30-45(35-49(46)53)52(41-20-12-6-13-21-41)42-22-14-7-15-23-42/h4-35H,1-3H3. The highest BCUT2D eigenvalue weighted by Gasteiger charge is 2.20. The van der Waals surface area contributed by atoms with Gasteiger partial charge in [-0.25, -0.2) is 0 Å². The van der Waals surface area contributed by atoms with E-state index in [9.17, 15) is 0 Å². The molecule has 0 aliphatic carbocycles. The monoisotopic (exact) mass is 683 g/mol. The Bertz CT molecular complexity index is 2590. The van der Waals surface area contributed by atoms with Crippen LogP contribution in [0, 0.1) is 0 Å². The van der Waals surface area contributed by atoms with Crippen molar-refractivity contribution in [2.24, 2.45) is 0 Å². The molecule has 0 saturated heterocycles. The van der Waals surface area contributed by atoms with Crippen LogP contribution in [0.15, 0.2) is 194 Å². The van der Waals surface area contributed by atoms with E-state index >= 15 is 0 Å².